The molecule has 1 nitrogen and oxygen atoms in total. The summed E-state index contributed by atoms with van der Waals surface area (Å²) in [7, 11) is 0. The Morgan fingerprint density at radius 3 is 2.43 bits per heavy atom. The molecule has 1 atom stereocenters. The van der Waals surface area contributed by atoms with Gasteiger partial charge in [-0.05, 0) is 60.8 Å². The van der Waals surface area contributed by atoms with Crippen LogP contribution >= 0.6 is 11.6 Å². The van der Waals surface area contributed by atoms with Crippen LogP contribution in [0.2, 0.25) is 5.02 Å². The Morgan fingerprint density at radius 2 is 1.81 bits per heavy atom. The van der Waals surface area contributed by atoms with Crippen molar-refractivity contribution in [3.05, 3.63) is 69.7 Å². The summed E-state index contributed by atoms with van der Waals surface area (Å²) in [5.41, 5.74) is 2.66. The predicted octanol–water partition coefficient (Wildman–Crippen LogP) is 5.02. The lowest BCUT2D eigenvalue weighted by atomic mass is 9.97. The van der Waals surface area contributed by atoms with Crippen molar-refractivity contribution in [1.29, 1.82) is 0 Å². The van der Waals surface area contributed by atoms with Crippen LogP contribution in [0.5, 0.6) is 0 Å². The topological polar surface area (TPSA) is 12.0 Å². The Bertz CT molecular complexity index is 608. The molecule has 2 aromatic rings. The van der Waals surface area contributed by atoms with Gasteiger partial charge in [0.15, 0.2) is 11.6 Å². The van der Waals surface area contributed by atoms with E-state index in [1.54, 1.807) is 6.07 Å². The average molecular weight is 310 g/mol. The Kier molecular flexibility index (Phi) is 5.32. The van der Waals surface area contributed by atoms with Crippen molar-refractivity contribution in [1.82, 2.24) is 5.32 Å². The van der Waals surface area contributed by atoms with E-state index in [4.69, 9.17) is 11.6 Å². The number of rotatable bonds is 5. The molecule has 0 aliphatic carbocycles. The standard InChI is InChI=1S/C17H18ClF2N/c1-3-6-21-17(12-4-5-15(19)16(20)10-12)13-7-11(2)8-14(18)9-13/h4-5,7-10,17,21H,3,6H2,1-2H3. The molecule has 0 bridgehead atoms. The van der Waals surface area contributed by atoms with Crippen LogP contribution in [-0.4, -0.2) is 6.54 Å². The minimum absolute atomic E-state index is 0.211. The second-order valence-corrected chi connectivity index (χ2v) is 5.56. The van der Waals surface area contributed by atoms with Crippen LogP contribution in [0.15, 0.2) is 36.4 Å². The second-order valence-electron chi connectivity index (χ2n) is 5.12. The molecule has 4 heteroatoms. The van der Waals surface area contributed by atoms with Crippen LogP contribution in [0.1, 0.15) is 36.1 Å². The van der Waals surface area contributed by atoms with E-state index in [9.17, 15) is 8.78 Å². The maximum Gasteiger partial charge on any atom is 0.159 e. The van der Waals surface area contributed by atoms with Gasteiger partial charge in [0.1, 0.15) is 0 Å². The number of halogens is 3. The van der Waals surface area contributed by atoms with E-state index in [-0.39, 0.29) is 6.04 Å². The molecule has 2 aromatic carbocycles. The van der Waals surface area contributed by atoms with Crippen LogP contribution in [0, 0.1) is 18.6 Å². The third kappa shape index (κ3) is 4.02. The number of benzene rings is 2. The first-order valence-electron chi connectivity index (χ1n) is 6.96. The molecule has 0 aromatic heterocycles. The fourth-order valence-electron chi connectivity index (χ4n) is 2.34. The molecule has 21 heavy (non-hydrogen) atoms. The van der Waals surface area contributed by atoms with Gasteiger partial charge in [0.2, 0.25) is 0 Å². The SMILES string of the molecule is CCCNC(c1cc(C)cc(Cl)c1)c1ccc(F)c(F)c1. The van der Waals surface area contributed by atoms with Crippen molar-refractivity contribution in [2.24, 2.45) is 0 Å². The van der Waals surface area contributed by atoms with Crippen LogP contribution in [0.25, 0.3) is 0 Å². The van der Waals surface area contributed by atoms with Gasteiger partial charge in [-0.2, -0.15) is 0 Å². The monoisotopic (exact) mass is 309 g/mol. The quantitative estimate of drug-likeness (QED) is 0.818. The molecule has 0 saturated carbocycles. The van der Waals surface area contributed by atoms with Gasteiger partial charge in [-0.25, -0.2) is 8.78 Å². The molecule has 0 saturated heterocycles. The summed E-state index contributed by atoms with van der Waals surface area (Å²) in [6.45, 7) is 4.78. The maximum absolute atomic E-state index is 13.5. The van der Waals surface area contributed by atoms with Gasteiger partial charge in [0, 0.05) is 5.02 Å². The Labute approximate surface area is 128 Å². The fraction of sp³-hybridized carbons (Fsp3) is 0.294. The third-order valence-corrected chi connectivity index (χ3v) is 3.49. The molecule has 0 spiro atoms. The average Bonchev–Trinajstić information content (AvgIpc) is 2.42. The van der Waals surface area contributed by atoms with Crippen molar-refractivity contribution < 1.29 is 8.78 Å². The lowest BCUT2D eigenvalue weighted by Crippen LogP contribution is -2.23. The number of aryl methyl sites for hydroxylation is 1. The van der Waals surface area contributed by atoms with Crippen molar-refractivity contribution in [2.45, 2.75) is 26.3 Å². The van der Waals surface area contributed by atoms with Gasteiger partial charge in [0.05, 0.1) is 6.04 Å². The Morgan fingerprint density at radius 1 is 1.05 bits per heavy atom. The highest BCUT2D eigenvalue weighted by Gasteiger charge is 2.16. The summed E-state index contributed by atoms with van der Waals surface area (Å²) in [4.78, 5) is 0. The van der Waals surface area contributed by atoms with E-state index in [2.05, 4.69) is 12.2 Å². The van der Waals surface area contributed by atoms with Gasteiger partial charge >= 0.3 is 0 Å². The molecule has 0 amide bonds. The van der Waals surface area contributed by atoms with Crippen molar-refractivity contribution >= 4 is 11.6 Å². The Balaban J connectivity index is 2.43. The maximum atomic E-state index is 13.5. The van der Waals surface area contributed by atoms with E-state index in [1.165, 1.54) is 6.07 Å². The summed E-state index contributed by atoms with van der Waals surface area (Å²) in [5.74, 6) is -1.68. The van der Waals surface area contributed by atoms with Gasteiger partial charge in [0.25, 0.3) is 0 Å². The van der Waals surface area contributed by atoms with E-state index in [0.717, 1.165) is 30.2 Å². The Hall–Kier alpha value is -1.45. The van der Waals surface area contributed by atoms with Gasteiger partial charge in [-0.15, -0.1) is 0 Å². The van der Waals surface area contributed by atoms with Crippen molar-refractivity contribution in [2.75, 3.05) is 6.54 Å². The normalized spacial score (nSPS) is 12.4. The van der Waals surface area contributed by atoms with Crippen LogP contribution in [-0.2, 0) is 0 Å². The minimum Gasteiger partial charge on any atom is -0.306 e. The highest BCUT2D eigenvalue weighted by molar-refractivity contribution is 6.30. The molecule has 112 valence electrons. The van der Waals surface area contributed by atoms with E-state index >= 15 is 0 Å². The summed E-state index contributed by atoms with van der Waals surface area (Å²) >= 11 is 6.11. The molecular weight excluding hydrogens is 292 g/mol. The van der Waals surface area contributed by atoms with Gasteiger partial charge < -0.3 is 5.32 Å². The predicted molar refractivity (Wildman–Crippen MR) is 82.7 cm³/mol. The van der Waals surface area contributed by atoms with Crippen LogP contribution in [0.4, 0.5) is 8.78 Å². The number of hydrogen-bond acceptors (Lipinski definition) is 1. The highest BCUT2D eigenvalue weighted by atomic mass is 35.5. The number of hydrogen-bond donors (Lipinski definition) is 1. The molecule has 0 aliphatic heterocycles. The summed E-state index contributed by atoms with van der Waals surface area (Å²) in [6.07, 6.45) is 0.944. The van der Waals surface area contributed by atoms with E-state index in [1.807, 2.05) is 25.1 Å². The smallest absolute Gasteiger partial charge is 0.159 e. The first-order valence-corrected chi connectivity index (χ1v) is 7.34. The summed E-state index contributed by atoms with van der Waals surface area (Å²) < 4.78 is 26.6. The third-order valence-electron chi connectivity index (χ3n) is 3.27. The molecule has 0 aliphatic rings. The molecule has 1 unspecified atom stereocenters. The zero-order valence-corrected chi connectivity index (χ0v) is 12.8. The first-order chi connectivity index (χ1) is 10.0. The molecular formula is C17H18ClF2N. The molecule has 0 heterocycles. The van der Waals surface area contributed by atoms with E-state index in [0.29, 0.717) is 10.6 Å². The summed E-state index contributed by atoms with van der Waals surface area (Å²) in [6, 6.07) is 9.50. The zero-order chi connectivity index (χ0) is 15.4. The van der Waals surface area contributed by atoms with Crippen LogP contribution in [0.3, 0.4) is 0 Å². The molecule has 0 fully saturated rings. The van der Waals surface area contributed by atoms with Gasteiger partial charge in [-0.3, -0.25) is 0 Å². The van der Waals surface area contributed by atoms with E-state index < -0.39 is 11.6 Å². The fourth-order valence-corrected chi connectivity index (χ4v) is 2.64. The largest absolute Gasteiger partial charge is 0.306 e. The van der Waals surface area contributed by atoms with Crippen molar-refractivity contribution in [3.63, 3.8) is 0 Å². The summed E-state index contributed by atoms with van der Waals surface area (Å²) in [5, 5.41) is 3.99. The number of nitrogens with one attached hydrogen (secondary N) is 1. The molecule has 0 radical (unpaired) electrons. The first kappa shape index (κ1) is 15.9. The lowest BCUT2D eigenvalue weighted by molar-refractivity contribution is 0.503. The highest BCUT2D eigenvalue weighted by Crippen LogP contribution is 2.27. The second kappa shape index (κ2) is 7.01. The molecule has 2 rings (SSSR count). The lowest BCUT2D eigenvalue weighted by Gasteiger charge is -2.20. The molecule has 1 N–H and O–H groups in total. The minimum atomic E-state index is -0.838. The zero-order valence-electron chi connectivity index (χ0n) is 12.1. The van der Waals surface area contributed by atoms with Gasteiger partial charge in [-0.1, -0.05) is 30.7 Å². The van der Waals surface area contributed by atoms with Crippen molar-refractivity contribution in [3.8, 4) is 0 Å². The van der Waals surface area contributed by atoms with Crippen LogP contribution < -0.4 is 5.32 Å².